The number of ether oxygens (including phenoxy) is 2. The molecule has 0 saturated heterocycles. The first-order valence-electron chi connectivity index (χ1n) is 10.2. The van der Waals surface area contributed by atoms with E-state index in [9.17, 15) is 9.59 Å². The molecule has 33 heavy (non-hydrogen) atoms. The Balaban J connectivity index is 1.55. The van der Waals surface area contributed by atoms with Crippen LogP contribution in [0.1, 0.15) is 23.1 Å². The second kappa shape index (κ2) is 11.8. The van der Waals surface area contributed by atoms with Crippen LogP contribution >= 0.6 is 15.9 Å². The highest BCUT2D eigenvalue weighted by atomic mass is 79.9. The smallest absolute Gasteiger partial charge is 0.249 e. The van der Waals surface area contributed by atoms with Crippen LogP contribution in [0.5, 0.6) is 11.5 Å². The van der Waals surface area contributed by atoms with Gasteiger partial charge in [-0.15, -0.1) is 0 Å². The first-order chi connectivity index (χ1) is 15.9. The van der Waals surface area contributed by atoms with Crippen LogP contribution < -0.4 is 20.2 Å². The van der Waals surface area contributed by atoms with Gasteiger partial charge >= 0.3 is 0 Å². The van der Waals surface area contributed by atoms with Crippen LogP contribution in [0.25, 0.3) is 0 Å². The Bertz CT molecular complexity index is 1130. The number of carbonyl (C=O) groups excluding carboxylic acids is 2. The van der Waals surface area contributed by atoms with Crippen molar-refractivity contribution in [1.29, 1.82) is 0 Å². The molecule has 0 unspecified atom stereocenters. The number of carbonyl (C=O) groups is 2. The molecule has 0 aliphatic heterocycles. The third-order valence-corrected chi connectivity index (χ3v) is 5.13. The maximum absolute atomic E-state index is 12.0. The van der Waals surface area contributed by atoms with Gasteiger partial charge in [-0.05, 0) is 58.2 Å². The summed E-state index contributed by atoms with van der Waals surface area (Å²) in [5.41, 5.74) is 5.78. The minimum absolute atomic E-state index is 0.343. The Labute approximate surface area is 200 Å². The minimum Gasteiger partial charge on any atom is -0.493 e. The largest absolute Gasteiger partial charge is 0.493 e. The SMILES string of the molecule is COc1cc(C=NNC(=O)CC(=O)Nc2ccc(C)cc2)cc(Br)c1OCc1ccccc1. The number of amides is 2. The van der Waals surface area contributed by atoms with Crippen molar-refractivity contribution in [3.63, 3.8) is 0 Å². The monoisotopic (exact) mass is 509 g/mol. The molecular formula is C25H24BrN3O4. The van der Waals surface area contributed by atoms with Crippen molar-refractivity contribution in [3.8, 4) is 11.5 Å². The molecular weight excluding hydrogens is 486 g/mol. The topological polar surface area (TPSA) is 89.0 Å². The fraction of sp³-hybridized carbons (Fsp3) is 0.160. The summed E-state index contributed by atoms with van der Waals surface area (Å²) in [6.45, 7) is 2.35. The van der Waals surface area contributed by atoms with E-state index in [1.165, 1.54) is 6.21 Å². The Morgan fingerprint density at radius 3 is 2.45 bits per heavy atom. The van der Waals surface area contributed by atoms with E-state index in [0.717, 1.165) is 11.1 Å². The number of nitrogens with zero attached hydrogens (tertiary/aromatic N) is 1. The standard InChI is InChI=1S/C25H24BrN3O4/c1-17-8-10-20(11-9-17)28-23(30)14-24(31)29-27-15-19-12-21(26)25(22(13-19)32-2)33-16-18-6-4-3-5-7-18/h3-13,15H,14,16H2,1-2H3,(H,28,30)(H,29,31). The van der Waals surface area contributed by atoms with Crippen molar-refractivity contribution in [2.24, 2.45) is 5.10 Å². The summed E-state index contributed by atoms with van der Waals surface area (Å²) >= 11 is 3.49. The van der Waals surface area contributed by atoms with Gasteiger partial charge < -0.3 is 14.8 Å². The second-order valence-corrected chi connectivity index (χ2v) is 8.05. The molecule has 0 saturated carbocycles. The van der Waals surface area contributed by atoms with Crippen molar-refractivity contribution < 1.29 is 19.1 Å². The number of nitrogens with one attached hydrogen (secondary N) is 2. The van der Waals surface area contributed by atoms with Gasteiger partial charge in [0, 0.05) is 5.69 Å². The van der Waals surface area contributed by atoms with Gasteiger partial charge in [-0.3, -0.25) is 9.59 Å². The lowest BCUT2D eigenvalue weighted by atomic mass is 10.2. The summed E-state index contributed by atoms with van der Waals surface area (Å²) in [4.78, 5) is 24.0. The van der Waals surface area contributed by atoms with Gasteiger partial charge in [0.15, 0.2) is 11.5 Å². The van der Waals surface area contributed by atoms with E-state index in [2.05, 4.69) is 31.8 Å². The molecule has 3 aromatic rings. The van der Waals surface area contributed by atoms with Crippen molar-refractivity contribution in [2.45, 2.75) is 20.0 Å². The number of hydrazone groups is 1. The molecule has 2 amide bonds. The summed E-state index contributed by atoms with van der Waals surface area (Å²) in [7, 11) is 1.55. The summed E-state index contributed by atoms with van der Waals surface area (Å²) in [5.74, 6) is 0.140. The zero-order valence-corrected chi connectivity index (χ0v) is 19.9. The number of methoxy groups -OCH3 is 1. The van der Waals surface area contributed by atoms with Gasteiger partial charge in [-0.2, -0.15) is 5.10 Å². The van der Waals surface area contributed by atoms with E-state index in [0.29, 0.717) is 33.8 Å². The highest BCUT2D eigenvalue weighted by Crippen LogP contribution is 2.36. The van der Waals surface area contributed by atoms with Gasteiger partial charge in [0.2, 0.25) is 11.8 Å². The van der Waals surface area contributed by atoms with Gasteiger partial charge in [-0.1, -0.05) is 48.0 Å². The summed E-state index contributed by atoms with van der Waals surface area (Å²) < 4.78 is 12.0. The van der Waals surface area contributed by atoms with Crippen LogP contribution in [-0.2, 0) is 16.2 Å². The molecule has 2 N–H and O–H groups in total. The molecule has 0 heterocycles. The Hall–Kier alpha value is -3.65. The fourth-order valence-corrected chi connectivity index (χ4v) is 3.46. The van der Waals surface area contributed by atoms with Crippen molar-refractivity contribution in [2.75, 3.05) is 12.4 Å². The quantitative estimate of drug-likeness (QED) is 0.245. The number of rotatable bonds is 9. The molecule has 0 bridgehead atoms. The normalized spacial score (nSPS) is 10.6. The maximum Gasteiger partial charge on any atom is 0.249 e. The van der Waals surface area contributed by atoms with Gasteiger partial charge in [-0.25, -0.2) is 5.43 Å². The van der Waals surface area contributed by atoms with Crippen LogP contribution in [0.15, 0.2) is 76.3 Å². The Morgan fingerprint density at radius 1 is 1.03 bits per heavy atom. The molecule has 0 aromatic heterocycles. The zero-order chi connectivity index (χ0) is 23.6. The maximum atomic E-state index is 12.0. The number of anilines is 1. The predicted octanol–water partition coefficient (Wildman–Crippen LogP) is 4.82. The molecule has 170 valence electrons. The first kappa shape index (κ1) is 24.0. The highest BCUT2D eigenvalue weighted by molar-refractivity contribution is 9.10. The number of aryl methyl sites for hydroxylation is 1. The van der Waals surface area contributed by atoms with Gasteiger partial charge in [0.05, 0.1) is 17.8 Å². The number of benzene rings is 3. The third-order valence-electron chi connectivity index (χ3n) is 4.54. The number of halogens is 1. The van der Waals surface area contributed by atoms with E-state index < -0.39 is 11.8 Å². The molecule has 3 rings (SSSR count). The average Bonchev–Trinajstić information content (AvgIpc) is 2.80. The van der Waals surface area contributed by atoms with Crippen LogP contribution in [-0.4, -0.2) is 25.1 Å². The first-order valence-corrected chi connectivity index (χ1v) is 11.0. The fourth-order valence-electron chi connectivity index (χ4n) is 2.89. The average molecular weight is 510 g/mol. The third kappa shape index (κ3) is 7.47. The van der Waals surface area contributed by atoms with E-state index >= 15 is 0 Å². The van der Waals surface area contributed by atoms with Gasteiger partial charge in [0.25, 0.3) is 0 Å². The van der Waals surface area contributed by atoms with Crippen molar-refractivity contribution in [1.82, 2.24) is 5.43 Å². The molecule has 3 aromatic carbocycles. The van der Waals surface area contributed by atoms with E-state index in [4.69, 9.17) is 9.47 Å². The van der Waals surface area contributed by atoms with E-state index in [1.54, 1.807) is 31.4 Å². The molecule has 0 aliphatic rings. The predicted molar refractivity (Wildman–Crippen MR) is 132 cm³/mol. The van der Waals surface area contributed by atoms with Gasteiger partial charge in [0.1, 0.15) is 13.0 Å². The minimum atomic E-state index is -0.523. The Kier molecular flexibility index (Phi) is 8.60. The molecule has 0 radical (unpaired) electrons. The van der Waals surface area contributed by atoms with E-state index in [-0.39, 0.29) is 6.42 Å². The van der Waals surface area contributed by atoms with Crippen molar-refractivity contribution >= 4 is 39.6 Å². The van der Waals surface area contributed by atoms with Crippen LogP contribution in [0.2, 0.25) is 0 Å². The number of hydrogen-bond acceptors (Lipinski definition) is 5. The second-order valence-electron chi connectivity index (χ2n) is 7.19. The Morgan fingerprint density at radius 2 is 1.76 bits per heavy atom. The molecule has 0 atom stereocenters. The summed E-state index contributed by atoms with van der Waals surface area (Å²) in [6, 6.07) is 20.7. The van der Waals surface area contributed by atoms with Crippen molar-refractivity contribution in [3.05, 3.63) is 87.9 Å². The van der Waals surface area contributed by atoms with Crippen LogP contribution in [0.3, 0.4) is 0 Å². The summed E-state index contributed by atoms with van der Waals surface area (Å²) in [6.07, 6.45) is 1.12. The molecule has 0 aliphatic carbocycles. The molecule has 8 heteroatoms. The van der Waals surface area contributed by atoms with Crippen LogP contribution in [0.4, 0.5) is 5.69 Å². The summed E-state index contributed by atoms with van der Waals surface area (Å²) in [5, 5.41) is 6.60. The molecule has 7 nitrogen and oxygen atoms in total. The lowest BCUT2D eigenvalue weighted by Gasteiger charge is -2.13. The van der Waals surface area contributed by atoms with E-state index in [1.807, 2.05) is 49.4 Å². The van der Waals surface area contributed by atoms with Crippen LogP contribution in [0, 0.1) is 6.92 Å². The molecule has 0 fully saturated rings. The lowest BCUT2D eigenvalue weighted by molar-refractivity contribution is -0.126. The highest BCUT2D eigenvalue weighted by Gasteiger charge is 2.12. The lowest BCUT2D eigenvalue weighted by Crippen LogP contribution is -2.24. The number of hydrogen-bond donors (Lipinski definition) is 2. The molecule has 0 spiro atoms. The zero-order valence-electron chi connectivity index (χ0n) is 18.3.